The van der Waals surface area contributed by atoms with Gasteiger partial charge in [0.15, 0.2) is 0 Å². The van der Waals surface area contributed by atoms with Gasteiger partial charge in [-0.2, -0.15) is 10.4 Å². The molecule has 0 atom stereocenters. The van der Waals surface area contributed by atoms with Crippen molar-refractivity contribution in [2.75, 3.05) is 6.61 Å². The maximum Gasteiger partial charge on any atom is 0.271 e. The van der Waals surface area contributed by atoms with Gasteiger partial charge in [-0.15, -0.1) is 0 Å². The highest BCUT2D eigenvalue weighted by Gasteiger charge is 2.07. The highest BCUT2D eigenvalue weighted by atomic mass is 79.9. The van der Waals surface area contributed by atoms with E-state index in [9.17, 15) is 4.79 Å². The highest BCUT2D eigenvalue weighted by molar-refractivity contribution is 9.10. The molecule has 0 saturated heterocycles. The number of hydrazone groups is 1. The largest absolute Gasteiger partial charge is 0.494 e. The fourth-order valence-corrected chi connectivity index (χ4v) is 3.24. The summed E-state index contributed by atoms with van der Waals surface area (Å²) in [6.07, 6.45) is 1.55. The second-order valence-corrected chi connectivity index (χ2v) is 7.26. The van der Waals surface area contributed by atoms with Crippen molar-refractivity contribution >= 4 is 28.1 Å². The molecule has 3 aromatic rings. The topological polar surface area (TPSA) is 83.7 Å². The minimum Gasteiger partial charge on any atom is -0.494 e. The molecule has 0 unspecified atom stereocenters. The van der Waals surface area contributed by atoms with E-state index in [1.54, 1.807) is 42.6 Å². The summed E-state index contributed by atoms with van der Waals surface area (Å²) in [5.41, 5.74) is 5.18. The summed E-state index contributed by atoms with van der Waals surface area (Å²) in [4.78, 5) is 12.2. The molecule has 31 heavy (non-hydrogen) atoms. The van der Waals surface area contributed by atoms with Crippen LogP contribution in [0.5, 0.6) is 11.5 Å². The van der Waals surface area contributed by atoms with Crippen LogP contribution in [0.4, 0.5) is 0 Å². The van der Waals surface area contributed by atoms with Crippen LogP contribution < -0.4 is 14.9 Å². The van der Waals surface area contributed by atoms with Gasteiger partial charge in [-0.3, -0.25) is 4.79 Å². The van der Waals surface area contributed by atoms with E-state index in [1.807, 2.05) is 37.3 Å². The summed E-state index contributed by atoms with van der Waals surface area (Å²) in [6.45, 7) is 2.76. The van der Waals surface area contributed by atoms with Gasteiger partial charge in [0.1, 0.15) is 18.1 Å². The number of ether oxygens (including phenoxy) is 2. The molecule has 7 heteroatoms. The number of halogens is 1. The molecule has 6 nitrogen and oxygen atoms in total. The monoisotopic (exact) mass is 477 g/mol. The van der Waals surface area contributed by atoms with E-state index in [1.165, 1.54) is 0 Å². The van der Waals surface area contributed by atoms with E-state index >= 15 is 0 Å². The molecule has 1 N–H and O–H groups in total. The molecule has 0 radical (unpaired) electrons. The number of rotatable bonds is 8. The van der Waals surface area contributed by atoms with E-state index in [0.29, 0.717) is 29.2 Å². The third-order valence-electron chi connectivity index (χ3n) is 4.28. The summed E-state index contributed by atoms with van der Waals surface area (Å²) in [7, 11) is 0. The first-order valence-electron chi connectivity index (χ1n) is 9.57. The van der Waals surface area contributed by atoms with Crippen LogP contribution in [-0.4, -0.2) is 18.7 Å². The summed E-state index contributed by atoms with van der Waals surface area (Å²) < 4.78 is 11.9. The number of amides is 1. The first kappa shape index (κ1) is 22.1. The van der Waals surface area contributed by atoms with Crippen molar-refractivity contribution in [2.45, 2.75) is 13.5 Å². The molecule has 0 heterocycles. The first-order chi connectivity index (χ1) is 15.1. The Morgan fingerprint density at radius 1 is 1.13 bits per heavy atom. The van der Waals surface area contributed by atoms with Crippen LogP contribution in [-0.2, 0) is 6.61 Å². The Hall–Kier alpha value is -3.63. The maximum atomic E-state index is 12.2. The number of benzene rings is 3. The smallest absolute Gasteiger partial charge is 0.271 e. The van der Waals surface area contributed by atoms with Gasteiger partial charge >= 0.3 is 0 Å². The third-order valence-corrected chi connectivity index (χ3v) is 4.90. The zero-order chi connectivity index (χ0) is 22.1. The van der Waals surface area contributed by atoms with Gasteiger partial charge in [0.05, 0.1) is 28.9 Å². The molecule has 0 bridgehead atoms. The fraction of sp³-hybridized carbons (Fsp3) is 0.125. The van der Waals surface area contributed by atoms with Crippen molar-refractivity contribution in [1.82, 2.24) is 5.43 Å². The summed E-state index contributed by atoms with van der Waals surface area (Å²) in [6, 6.07) is 21.8. The van der Waals surface area contributed by atoms with Crippen LogP contribution >= 0.6 is 15.9 Å². The molecule has 1 amide bonds. The van der Waals surface area contributed by atoms with Gasteiger partial charge in [0.25, 0.3) is 5.91 Å². The van der Waals surface area contributed by atoms with Crippen LogP contribution in [0.15, 0.2) is 76.3 Å². The Morgan fingerprint density at radius 2 is 1.90 bits per heavy atom. The zero-order valence-electron chi connectivity index (χ0n) is 16.8. The number of nitrogens with one attached hydrogen (secondary N) is 1. The van der Waals surface area contributed by atoms with E-state index in [0.717, 1.165) is 15.6 Å². The van der Waals surface area contributed by atoms with E-state index in [4.69, 9.17) is 14.7 Å². The van der Waals surface area contributed by atoms with Crippen LogP contribution in [0.2, 0.25) is 0 Å². The van der Waals surface area contributed by atoms with Crippen LogP contribution in [0, 0.1) is 11.3 Å². The molecule has 0 aliphatic rings. The number of hydrogen-bond donors (Lipinski definition) is 1. The molecule has 0 aromatic heterocycles. The van der Waals surface area contributed by atoms with Crippen LogP contribution in [0.1, 0.15) is 34.0 Å². The molecule has 0 aliphatic heterocycles. The Labute approximate surface area is 189 Å². The molecular weight excluding hydrogens is 458 g/mol. The summed E-state index contributed by atoms with van der Waals surface area (Å²) in [5, 5.41) is 13.2. The van der Waals surface area contributed by atoms with Crippen molar-refractivity contribution in [1.29, 1.82) is 5.26 Å². The Balaban J connectivity index is 1.57. The van der Waals surface area contributed by atoms with Crippen molar-refractivity contribution < 1.29 is 14.3 Å². The quantitative estimate of drug-likeness (QED) is 0.362. The molecule has 3 aromatic carbocycles. The molecular formula is C24H20BrN3O3. The Morgan fingerprint density at radius 3 is 2.61 bits per heavy atom. The minimum absolute atomic E-state index is 0.286. The molecule has 0 spiro atoms. The second kappa shape index (κ2) is 11.0. The lowest BCUT2D eigenvalue weighted by molar-refractivity contribution is 0.0955. The number of nitriles is 1. The Bertz CT molecular complexity index is 1120. The van der Waals surface area contributed by atoms with Crippen molar-refractivity contribution in [3.8, 4) is 17.6 Å². The third kappa shape index (κ3) is 6.17. The van der Waals surface area contributed by atoms with Gasteiger partial charge in [-0.25, -0.2) is 5.43 Å². The summed E-state index contributed by atoms with van der Waals surface area (Å²) >= 11 is 3.48. The number of nitrogens with zero attached hydrogens (tertiary/aromatic N) is 2. The molecule has 156 valence electrons. The van der Waals surface area contributed by atoms with Gasteiger partial charge in [0, 0.05) is 11.1 Å². The Kier molecular flexibility index (Phi) is 7.79. The van der Waals surface area contributed by atoms with Gasteiger partial charge in [-0.1, -0.05) is 18.2 Å². The number of carbonyl (C=O) groups is 1. The lowest BCUT2D eigenvalue weighted by Crippen LogP contribution is -2.17. The number of hydrogen-bond acceptors (Lipinski definition) is 5. The highest BCUT2D eigenvalue weighted by Crippen LogP contribution is 2.26. The molecule has 0 aliphatic carbocycles. The van der Waals surface area contributed by atoms with Crippen molar-refractivity contribution in [3.05, 3.63) is 93.5 Å². The zero-order valence-corrected chi connectivity index (χ0v) is 18.4. The lowest BCUT2D eigenvalue weighted by atomic mass is 10.1. The minimum atomic E-state index is -0.311. The summed E-state index contributed by atoms with van der Waals surface area (Å²) in [5.74, 6) is 1.05. The van der Waals surface area contributed by atoms with Crippen molar-refractivity contribution in [2.24, 2.45) is 5.10 Å². The molecule has 0 fully saturated rings. The van der Waals surface area contributed by atoms with Crippen LogP contribution in [0.25, 0.3) is 0 Å². The van der Waals surface area contributed by atoms with Crippen LogP contribution in [0.3, 0.4) is 0 Å². The standard InChI is InChI=1S/C24H20BrN3O3/c1-2-30-21-10-8-18(9-11-21)24(29)28-27-15-17-7-12-23(22(25)13-17)31-16-20-6-4-3-5-19(20)14-26/h3-13,15H,2,16H2,1H3,(H,28,29)/b27-15-. The van der Waals surface area contributed by atoms with E-state index < -0.39 is 0 Å². The fourth-order valence-electron chi connectivity index (χ4n) is 2.72. The second-order valence-electron chi connectivity index (χ2n) is 6.40. The average molecular weight is 478 g/mol. The van der Waals surface area contributed by atoms with E-state index in [-0.39, 0.29) is 12.5 Å². The lowest BCUT2D eigenvalue weighted by Gasteiger charge is -2.10. The number of carbonyl (C=O) groups excluding carboxylic acids is 1. The van der Waals surface area contributed by atoms with Gasteiger partial charge in [-0.05, 0) is 76.9 Å². The normalized spacial score (nSPS) is 10.5. The molecule has 3 rings (SSSR count). The molecule has 0 saturated carbocycles. The van der Waals surface area contributed by atoms with E-state index in [2.05, 4.69) is 32.5 Å². The first-order valence-corrected chi connectivity index (χ1v) is 10.4. The predicted molar refractivity (Wildman–Crippen MR) is 122 cm³/mol. The maximum absolute atomic E-state index is 12.2. The predicted octanol–water partition coefficient (Wildman–Crippen LogP) is 5.06. The SMILES string of the molecule is CCOc1ccc(C(=O)N/N=C\c2ccc(OCc3ccccc3C#N)c(Br)c2)cc1. The van der Waals surface area contributed by atoms with Crippen molar-refractivity contribution in [3.63, 3.8) is 0 Å². The van der Waals surface area contributed by atoms with Gasteiger partial charge in [0.2, 0.25) is 0 Å². The van der Waals surface area contributed by atoms with Gasteiger partial charge < -0.3 is 9.47 Å². The average Bonchev–Trinajstić information content (AvgIpc) is 2.79.